The number of anilines is 2. The number of hydrogen-bond acceptors (Lipinski definition) is 3. The minimum absolute atomic E-state index is 0.161. The van der Waals surface area contributed by atoms with E-state index in [1.165, 1.54) is 5.56 Å². The van der Waals surface area contributed by atoms with Crippen LogP contribution in [-0.4, -0.2) is 4.98 Å². The molecule has 0 aliphatic carbocycles. The van der Waals surface area contributed by atoms with Crippen LogP contribution in [0.25, 0.3) is 10.9 Å². The highest BCUT2D eigenvalue weighted by Crippen LogP contribution is 2.29. The molecule has 0 radical (unpaired) electrons. The standard InChI is InChI=1S/C17H16ClN3/c1-11(12-4-6-13(18)7-5-12)21-16-9-8-15(19)17-14(16)3-2-10-20-17/h2-11,21H,19H2,1H3. The minimum Gasteiger partial charge on any atom is -0.397 e. The van der Waals surface area contributed by atoms with E-state index >= 15 is 0 Å². The molecule has 1 heterocycles. The zero-order chi connectivity index (χ0) is 14.8. The molecule has 3 nitrogen and oxygen atoms in total. The van der Waals surface area contributed by atoms with E-state index in [0.717, 1.165) is 21.6 Å². The number of fused-ring (bicyclic) bond motifs is 1. The Hall–Kier alpha value is -2.26. The molecule has 21 heavy (non-hydrogen) atoms. The Bertz CT molecular complexity index is 769. The molecule has 3 rings (SSSR count). The number of aromatic nitrogens is 1. The summed E-state index contributed by atoms with van der Waals surface area (Å²) < 4.78 is 0. The van der Waals surface area contributed by atoms with Crippen LogP contribution in [0.15, 0.2) is 54.7 Å². The van der Waals surface area contributed by atoms with E-state index in [1.54, 1.807) is 6.20 Å². The number of nitrogens with one attached hydrogen (secondary N) is 1. The molecule has 1 atom stereocenters. The molecule has 3 N–H and O–H groups in total. The lowest BCUT2D eigenvalue weighted by Gasteiger charge is -2.17. The lowest BCUT2D eigenvalue weighted by atomic mass is 10.1. The van der Waals surface area contributed by atoms with Gasteiger partial charge in [0.2, 0.25) is 0 Å². The number of rotatable bonds is 3. The van der Waals surface area contributed by atoms with Gasteiger partial charge in [0.25, 0.3) is 0 Å². The average Bonchev–Trinajstić information content (AvgIpc) is 2.51. The summed E-state index contributed by atoms with van der Waals surface area (Å²) in [6, 6.07) is 15.8. The number of nitrogen functional groups attached to an aromatic ring is 1. The number of benzene rings is 2. The van der Waals surface area contributed by atoms with Crippen LogP contribution in [0.5, 0.6) is 0 Å². The van der Waals surface area contributed by atoms with Gasteiger partial charge in [0.1, 0.15) is 0 Å². The van der Waals surface area contributed by atoms with Gasteiger partial charge in [-0.05, 0) is 48.9 Å². The Morgan fingerprint density at radius 2 is 1.86 bits per heavy atom. The SMILES string of the molecule is CC(Nc1ccc(N)c2ncccc12)c1ccc(Cl)cc1. The maximum Gasteiger partial charge on any atom is 0.0951 e. The summed E-state index contributed by atoms with van der Waals surface area (Å²) in [5, 5.41) is 5.28. The first-order valence-corrected chi connectivity index (χ1v) is 7.18. The van der Waals surface area contributed by atoms with Gasteiger partial charge in [-0.1, -0.05) is 23.7 Å². The van der Waals surface area contributed by atoms with Gasteiger partial charge in [-0.15, -0.1) is 0 Å². The zero-order valence-corrected chi connectivity index (χ0v) is 12.4. The van der Waals surface area contributed by atoms with E-state index in [0.29, 0.717) is 5.69 Å². The van der Waals surface area contributed by atoms with Crippen molar-refractivity contribution >= 4 is 33.9 Å². The smallest absolute Gasteiger partial charge is 0.0951 e. The fraction of sp³-hybridized carbons (Fsp3) is 0.118. The van der Waals surface area contributed by atoms with Crippen LogP contribution in [0.1, 0.15) is 18.5 Å². The summed E-state index contributed by atoms with van der Waals surface area (Å²) in [5.74, 6) is 0. The predicted octanol–water partition coefficient (Wildman–Crippen LogP) is 4.64. The monoisotopic (exact) mass is 297 g/mol. The number of nitrogens with two attached hydrogens (primary N) is 1. The Kier molecular flexibility index (Phi) is 3.67. The lowest BCUT2D eigenvalue weighted by molar-refractivity contribution is 0.887. The molecule has 4 heteroatoms. The maximum atomic E-state index is 5.98. The fourth-order valence-electron chi connectivity index (χ4n) is 2.39. The molecule has 0 fully saturated rings. The molecule has 0 saturated carbocycles. The van der Waals surface area contributed by atoms with E-state index < -0.39 is 0 Å². The summed E-state index contributed by atoms with van der Waals surface area (Å²) in [6.45, 7) is 2.11. The van der Waals surface area contributed by atoms with Gasteiger partial charge in [-0.3, -0.25) is 4.98 Å². The highest BCUT2D eigenvalue weighted by atomic mass is 35.5. The van der Waals surface area contributed by atoms with Gasteiger partial charge in [-0.2, -0.15) is 0 Å². The third-order valence-corrected chi connectivity index (χ3v) is 3.79. The van der Waals surface area contributed by atoms with Crippen LogP contribution in [0.4, 0.5) is 11.4 Å². The van der Waals surface area contributed by atoms with Crippen molar-refractivity contribution in [2.75, 3.05) is 11.1 Å². The number of hydrogen-bond donors (Lipinski definition) is 2. The van der Waals surface area contributed by atoms with Gasteiger partial charge in [0.05, 0.1) is 11.2 Å². The second-order valence-corrected chi connectivity index (χ2v) is 5.46. The second-order valence-electron chi connectivity index (χ2n) is 5.02. The molecule has 0 saturated heterocycles. The van der Waals surface area contributed by atoms with Crippen molar-refractivity contribution in [2.24, 2.45) is 0 Å². The largest absolute Gasteiger partial charge is 0.397 e. The van der Waals surface area contributed by atoms with Gasteiger partial charge in [0, 0.05) is 28.3 Å². The summed E-state index contributed by atoms with van der Waals surface area (Å²) in [5.41, 5.74) is 9.69. The van der Waals surface area contributed by atoms with Crippen molar-refractivity contribution in [1.29, 1.82) is 0 Å². The molecular weight excluding hydrogens is 282 g/mol. The topological polar surface area (TPSA) is 50.9 Å². The van der Waals surface area contributed by atoms with Crippen molar-refractivity contribution in [3.05, 3.63) is 65.3 Å². The molecule has 0 spiro atoms. The Morgan fingerprint density at radius 3 is 2.62 bits per heavy atom. The van der Waals surface area contributed by atoms with Crippen molar-refractivity contribution in [3.8, 4) is 0 Å². The van der Waals surface area contributed by atoms with Crippen molar-refractivity contribution < 1.29 is 0 Å². The van der Waals surface area contributed by atoms with Gasteiger partial charge < -0.3 is 11.1 Å². The zero-order valence-electron chi connectivity index (χ0n) is 11.7. The van der Waals surface area contributed by atoms with E-state index in [2.05, 4.69) is 17.2 Å². The summed E-state index contributed by atoms with van der Waals surface area (Å²) >= 11 is 5.93. The first kappa shape index (κ1) is 13.7. The van der Waals surface area contributed by atoms with Crippen LogP contribution in [0.3, 0.4) is 0 Å². The van der Waals surface area contributed by atoms with E-state index in [-0.39, 0.29) is 6.04 Å². The fourth-order valence-corrected chi connectivity index (χ4v) is 2.51. The normalized spacial score (nSPS) is 12.3. The van der Waals surface area contributed by atoms with Gasteiger partial charge in [0.15, 0.2) is 0 Å². The highest BCUT2D eigenvalue weighted by molar-refractivity contribution is 6.30. The number of halogens is 1. The molecule has 0 aliphatic rings. The van der Waals surface area contributed by atoms with Crippen molar-refractivity contribution in [1.82, 2.24) is 4.98 Å². The predicted molar refractivity (Wildman–Crippen MR) is 89.6 cm³/mol. The summed E-state index contributed by atoms with van der Waals surface area (Å²) in [7, 11) is 0. The Balaban J connectivity index is 1.95. The van der Waals surface area contributed by atoms with Crippen LogP contribution < -0.4 is 11.1 Å². The Morgan fingerprint density at radius 1 is 1.10 bits per heavy atom. The Labute approximate surface area is 128 Å². The maximum absolute atomic E-state index is 5.98. The van der Waals surface area contributed by atoms with Crippen LogP contribution in [-0.2, 0) is 0 Å². The van der Waals surface area contributed by atoms with Gasteiger partial charge >= 0.3 is 0 Å². The molecule has 3 aromatic rings. The third-order valence-electron chi connectivity index (χ3n) is 3.54. The van der Waals surface area contributed by atoms with Gasteiger partial charge in [-0.25, -0.2) is 0 Å². The summed E-state index contributed by atoms with van der Waals surface area (Å²) in [6.07, 6.45) is 1.76. The molecule has 0 aliphatic heterocycles. The minimum atomic E-state index is 0.161. The lowest BCUT2D eigenvalue weighted by Crippen LogP contribution is -2.07. The van der Waals surface area contributed by atoms with Crippen molar-refractivity contribution in [2.45, 2.75) is 13.0 Å². The molecule has 2 aromatic carbocycles. The molecule has 0 amide bonds. The second kappa shape index (κ2) is 5.62. The highest BCUT2D eigenvalue weighted by Gasteiger charge is 2.09. The first-order chi connectivity index (χ1) is 10.1. The number of pyridine rings is 1. The number of nitrogens with zero attached hydrogens (tertiary/aromatic N) is 1. The third kappa shape index (κ3) is 2.78. The molecule has 0 bridgehead atoms. The van der Waals surface area contributed by atoms with Crippen LogP contribution >= 0.6 is 11.6 Å². The molecule has 1 unspecified atom stereocenters. The molecule has 106 valence electrons. The quantitative estimate of drug-likeness (QED) is 0.692. The van der Waals surface area contributed by atoms with E-state index in [1.807, 2.05) is 48.5 Å². The molecular formula is C17H16ClN3. The van der Waals surface area contributed by atoms with Crippen LogP contribution in [0.2, 0.25) is 5.02 Å². The molecule has 1 aromatic heterocycles. The van der Waals surface area contributed by atoms with Crippen LogP contribution in [0, 0.1) is 0 Å². The first-order valence-electron chi connectivity index (χ1n) is 6.80. The average molecular weight is 298 g/mol. The summed E-state index contributed by atoms with van der Waals surface area (Å²) in [4.78, 5) is 4.35. The van der Waals surface area contributed by atoms with E-state index in [4.69, 9.17) is 17.3 Å². The van der Waals surface area contributed by atoms with E-state index in [9.17, 15) is 0 Å². The van der Waals surface area contributed by atoms with Crippen molar-refractivity contribution in [3.63, 3.8) is 0 Å².